The van der Waals surface area contributed by atoms with Gasteiger partial charge in [0.05, 0.1) is 6.54 Å². The zero-order valence-electron chi connectivity index (χ0n) is 12.8. The van der Waals surface area contributed by atoms with E-state index >= 15 is 0 Å². The first kappa shape index (κ1) is 16.4. The number of nitrogens with one attached hydrogen (secondary N) is 1. The van der Waals surface area contributed by atoms with E-state index in [2.05, 4.69) is 27.9 Å². The van der Waals surface area contributed by atoms with Gasteiger partial charge in [0.1, 0.15) is 0 Å². The number of hydrogen-bond donors (Lipinski definition) is 1. The molecule has 1 N–H and O–H groups in total. The molecule has 0 saturated carbocycles. The monoisotopic (exact) mass is 430 g/mol. The smallest absolute Gasteiger partial charge is 0.255 e. The maximum atomic E-state index is 12.2. The molecule has 1 heterocycles. The van der Waals surface area contributed by atoms with Crippen molar-refractivity contribution in [3.63, 3.8) is 0 Å². The number of amides is 1. The number of halogens is 1. The molecule has 0 aliphatic heterocycles. The van der Waals surface area contributed by atoms with Crippen LogP contribution >= 0.6 is 22.6 Å². The van der Waals surface area contributed by atoms with Crippen LogP contribution in [0.3, 0.4) is 0 Å². The largest absolute Gasteiger partial charge is 0.322 e. The van der Waals surface area contributed by atoms with Crippen molar-refractivity contribution >= 4 is 34.2 Å². The van der Waals surface area contributed by atoms with Gasteiger partial charge in [-0.2, -0.15) is 0 Å². The standard InChI is InChI=1S/C19H15IN2O2/c20-16-8-6-15(7-9-16)19(24)21-17-10-4-14(5-11-17)13-22-12-2-1-3-18(22)23/h1-12H,13H2,(H,21,24). The maximum Gasteiger partial charge on any atom is 0.255 e. The number of hydrogen-bond acceptors (Lipinski definition) is 2. The lowest BCUT2D eigenvalue weighted by Crippen LogP contribution is -2.18. The number of benzene rings is 2. The van der Waals surface area contributed by atoms with Crippen LogP contribution < -0.4 is 10.9 Å². The molecule has 24 heavy (non-hydrogen) atoms. The van der Waals surface area contributed by atoms with E-state index in [4.69, 9.17) is 0 Å². The predicted molar refractivity (Wildman–Crippen MR) is 103 cm³/mol. The topological polar surface area (TPSA) is 51.1 Å². The second-order valence-corrected chi connectivity index (χ2v) is 6.57. The summed E-state index contributed by atoms with van der Waals surface area (Å²) in [4.78, 5) is 23.9. The van der Waals surface area contributed by atoms with Crippen LogP contribution in [0, 0.1) is 3.57 Å². The number of carbonyl (C=O) groups is 1. The van der Waals surface area contributed by atoms with Gasteiger partial charge in [-0.05, 0) is 70.6 Å². The molecule has 3 rings (SSSR count). The Kier molecular flexibility index (Phi) is 5.10. The number of aromatic nitrogens is 1. The third-order valence-corrected chi connectivity index (χ3v) is 4.29. The van der Waals surface area contributed by atoms with Crippen LogP contribution in [0.25, 0.3) is 0 Å². The zero-order valence-corrected chi connectivity index (χ0v) is 14.9. The molecule has 0 aliphatic rings. The molecule has 0 fully saturated rings. The minimum absolute atomic E-state index is 0.0337. The van der Waals surface area contributed by atoms with E-state index in [-0.39, 0.29) is 11.5 Å². The molecular formula is C19H15IN2O2. The van der Waals surface area contributed by atoms with Gasteiger partial charge in [0.25, 0.3) is 11.5 Å². The minimum Gasteiger partial charge on any atom is -0.322 e. The highest BCUT2D eigenvalue weighted by Gasteiger charge is 2.06. The second-order valence-electron chi connectivity index (χ2n) is 5.32. The molecule has 3 aromatic rings. The Morgan fingerprint density at radius 1 is 0.958 bits per heavy atom. The average Bonchev–Trinajstić information content (AvgIpc) is 2.59. The molecule has 0 aliphatic carbocycles. The molecule has 0 unspecified atom stereocenters. The van der Waals surface area contributed by atoms with Crippen molar-refractivity contribution in [3.05, 3.63) is 98.0 Å². The van der Waals surface area contributed by atoms with Crippen LogP contribution in [0.2, 0.25) is 0 Å². The molecule has 1 amide bonds. The molecule has 5 heteroatoms. The van der Waals surface area contributed by atoms with Crippen molar-refractivity contribution in [2.75, 3.05) is 5.32 Å². The lowest BCUT2D eigenvalue weighted by Gasteiger charge is -2.08. The number of anilines is 1. The third kappa shape index (κ3) is 4.11. The summed E-state index contributed by atoms with van der Waals surface area (Å²) in [5.74, 6) is -0.140. The van der Waals surface area contributed by atoms with Gasteiger partial charge in [-0.15, -0.1) is 0 Å². The van der Waals surface area contributed by atoms with Gasteiger partial charge < -0.3 is 9.88 Å². The number of pyridine rings is 1. The SMILES string of the molecule is O=C(Nc1ccc(Cn2ccccc2=O)cc1)c1ccc(I)cc1. The predicted octanol–water partition coefficient (Wildman–Crippen LogP) is 3.75. The molecule has 0 atom stereocenters. The Hall–Kier alpha value is -2.41. The highest BCUT2D eigenvalue weighted by atomic mass is 127. The van der Waals surface area contributed by atoms with E-state index in [0.717, 1.165) is 14.8 Å². The number of nitrogens with zero attached hydrogens (tertiary/aromatic N) is 1. The van der Waals surface area contributed by atoms with Crippen molar-refractivity contribution in [1.82, 2.24) is 4.57 Å². The highest BCUT2D eigenvalue weighted by Crippen LogP contribution is 2.13. The van der Waals surface area contributed by atoms with Gasteiger partial charge >= 0.3 is 0 Å². The molecule has 0 saturated heterocycles. The van der Waals surface area contributed by atoms with Crippen LogP contribution in [-0.4, -0.2) is 10.5 Å². The first-order valence-corrected chi connectivity index (χ1v) is 8.51. The van der Waals surface area contributed by atoms with Crippen LogP contribution in [0.1, 0.15) is 15.9 Å². The van der Waals surface area contributed by atoms with Crippen molar-refractivity contribution in [2.24, 2.45) is 0 Å². The lowest BCUT2D eigenvalue weighted by atomic mass is 10.2. The fourth-order valence-corrected chi connectivity index (χ4v) is 2.65. The summed E-state index contributed by atoms with van der Waals surface area (Å²) in [5.41, 5.74) is 2.31. The van der Waals surface area contributed by atoms with E-state index < -0.39 is 0 Å². The molecule has 120 valence electrons. The quantitative estimate of drug-likeness (QED) is 0.642. The van der Waals surface area contributed by atoms with Gasteiger partial charge in [-0.3, -0.25) is 9.59 Å². The van der Waals surface area contributed by atoms with Crippen LogP contribution in [0.5, 0.6) is 0 Å². The third-order valence-electron chi connectivity index (χ3n) is 3.57. The number of carbonyl (C=O) groups excluding carboxylic acids is 1. The normalized spacial score (nSPS) is 10.4. The summed E-state index contributed by atoms with van der Waals surface area (Å²) in [5, 5.41) is 2.87. The molecule has 0 radical (unpaired) electrons. The summed E-state index contributed by atoms with van der Waals surface area (Å²) in [7, 11) is 0. The second kappa shape index (κ2) is 7.44. The minimum atomic E-state index is -0.140. The molecule has 0 spiro atoms. The first-order valence-electron chi connectivity index (χ1n) is 7.43. The first-order chi connectivity index (χ1) is 11.6. The summed E-state index contributed by atoms with van der Waals surface area (Å²) in [6.07, 6.45) is 1.76. The van der Waals surface area contributed by atoms with Crippen molar-refractivity contribution < 1.29 is 4.79 Å². The molecule has 1 aromatic heterocycles. The average molecular weight is 430 g/mol. The Balaban J connectivity index is 1.68. The van der Waals surface area contributed by atoms with Crippen molar-refractivity contribution in [1.29, 1.82) is 0 Å². The van der Waals surface area contributed by atoms with Gasteiger partial charge in [0.2, 0.25) is 0 Å². The Bertz CT molecular complexity index is 900. The van der Waals surface area contributed by atoms with E-state index in [0.29, 0.717) is 12.1 Å². The molecule has 2 aromatic carbocycles. The number of rotatable bonds is 4. The van der Waals surface area contributed by atoms with E-state index in [1.165, 1.54) is 6.07 Å². The highest BCUT2D eigenvalue weighted by molar-refractivity contribution is 14.1. The molecule has 0 bridgehead atoms. The van der Waals surface area contributed by atoms with Crippen LogP contribution in [0.4, 0.5) is 5.69 Å². The van der Waals surface area contributed by atoms with Crippen LogP contribution in [-0.2, 0) is 6.54 Å². The van der Waals surface area contributed by atoms with Gasteiger partial charge in [0, 0.05) is 27.1 Å². The summed E-state index contributed by atoms with van der Waals surface area (Å²) in [6, 6.07) is 20.0. The Morgan fingerprint density at radius 3 is 2.33 bits per heavy atom. The molecule has 4 nitrogen and oxygen atoms in total. The Labute approximate surface area is 153 Å². The van der Waals surface area contributed by atoms with Gasteiger partial charge in [0.15, 0.2) is 0 Å². The van der Waals surface area contributed by atoms with Crippen molar-refractivity contribution in [2.45, 2.75) is 6.54 Å². The van der Waals surface area contributed by atoms with E-state index in [1.807, 2.05) is 42.5 Å². The van der Waals surface area contributed by atoms with Gasteiger partial charge in [-0.1, -0.05) is 18.2 Å². The maximum absolute atomic E-state index is 12.2. The fraction of sp³-hybridized carbons (Fsp3) is 0.0526. The summed E-state index contributed by atoms with van der Waals surface area (Å²) >= 11 is 2.20. The Morgan fingerprint density at radius 2 is 1.67 bits per heavy atom. The zero-order chi connectivity index (χ0) is 16.9. The van der Waals surface area contributed by atoms with E-state index in [1.54, 1.807) is 29.0 Å². The van der Waals surface area contributed by atoms with Crippen LogP contribution in [0.15, 0.2) is 77.7 Å². The fourth-order valence-electron chi connectivity index (χ4n) is 2.29. The van der Waals surface area contributed by atoms with E-state index in [9.17, 15) is 9.59 Å². The summed E-state index contributed by atoms with van der Waals surface area (Å²) < 4.78 is 2.73. The lowest BCUT2D eigenvalue weighted by molar-refractivity contribution is 0.102. The molecular weight excluding hydrogens is 415 g/mol. The van der Waals surface area contributed by atoms with Gasteiger partial charge in [-0.25, -0.2) is 0 Å². The van der Waals surface area contributed by atoms with Crippen molar-refractivity contribution in [3.8, 4) is 0 Å². The summed E-state index contributed by atoms with van der Waals surface area (Å²) in [6.45, 7) is 0.505.